The SMILES string of the molecule is Cc1ccc(C(=O)NCC(F)(F)F)s1. The summed E-state index contributed by atoms with van der Waals surface area (Å²) in [5.41, 5.74) is 0. The maximum atomic E-state index is 11.7. The Kier molecular flexibility index (Phi) is 3.15. The van der Waals surface area contributed by atoms with E-state index in [0.717, 1.165) is 4.88 Å². The van der Waals surface area contributed by atoms with Crippen LogP contribution in [0.2, 0.25) is 0 Å². The van der Waals surface area contributed by atoms with E-state index in [2.05, 4.69) is 0 Å². The molecule has 0 saturated heterocycles. The molecule has 6 heteroatoms. The van der Waals surface area contributed by atoms with Gasteiger partial charge in [0.05, 0.1) is 4.88 Å². The maximum Gasteiger partial charge on any atom is 0.405 e. The van der Waals surface area contributed by atoms with Gasteiger partial charge in [0.15, 0.2) is 0 Å². The summed E-state index contributed by atoms with van der Waals surface area (Å²) in [6.07, 6.45) is -4.36. The minimum atomic E-state index is -4.36. The number of alkyl halides is 3. The zero-order valence-corrected chi connectivity index (χ0v) is 8.13. The van der Waals surface area contributed by atoms with Gasteiger partial charge in [0.25, 0.3) is 5.91 Å². The minimum Gasteiger partial charge on any atom is -0.342 e. The van der Waals surface area contributed by atoms with Crippen molar-refractivity contribution in [2.24, 2.45) is 0 Å². The van der Waals surface area contributed by atoms with Crippen molar-refractivity contribution in [2.45, 2.75) is 13.1 Å². The van der Waals surface area contributed by atoms with E-state index >= 15 is 0 Å². The van der Waals surface area contributed by atoms with Crippen LogP contribution in [0.3, 0.4) is 0 Å². The number of hydrogen-bond donors (Lipinski definition) is 1. The first kappa shape index (κ1) is 11.0. The molecule has 0 aliphatic heterocycles. The van der Waals surface area contributed by atoms with E-state index in [4.69, 9.17) is 0 Å². The van der Waals surface area contributed by atoms with Gasteiger partial charge in [-0.2, -0.15) is 13.2 Å². The number of rotatable bonds is 2. The van der Waals surface area contributed by atoms with Gasteiger partial charge < -0.3 is 5.32 Å². The predicted octanol–water partition coefficient (Wildman–Crippen LogP) is 2.35. The van der Waals surface area contributed by atoms with Crippen molar-refractivity contribution in [3.63, 3.8) is 0 Å². The predicted molar refractivity (Wildman–Crippen MR) is 47.4 cm³/mol. The fraction of sp³-hybridized carbons (Fsp3) is 0.375. The molecule has 1 amide bonds. The van der Waals surface area contributed by atoms with Gasteiger partial charge in [-0.05, 0) is 19.1 Å². The minimum absolute atomic E-state index is 0.298. The van der Waals surface area contributed by atoms with Crippen molar-refractivity contribution >= 4 is 17.2 Å². The Morgan fingerprint density at radius 3 is 2.57 bits per heavy atom. The monoisotopic (exact) mass is 223 g/mol. The van der Waals surface area contributed by atoms with Gasteiger partial charge >= 0.3 is 6.18 Å². The van der Waals surface area contributed by atoms with E-state index in [1.54, 1.807) is 18.3 Å². The first-order valence-corrected chi connectivity index (χ1v) is 4.61. The Balaban J connectivity index is 2.52. The van der Waals surface area contributed by atoms with Crippen LogP contribution in [0.15, 0.2) is 12.1 Å². The van der Waals surface area contributed by atoms with Gasteiger partial charge in [-0.25, -0.2) is 0 Å². The second-order valence-electron chi connectivity index (χ2n) is 2.71. The molecule has 1 aromatic rings. The van der Waals surface area contributed by atoms with E-state index in [9.17, 15) is 18.0 Å². The second-order valence-corrected chi connectivity index (χ2v) is 4.00. The highest BCUT2D eigenvalue weighted by molar-refractivity contribution is 7.13. The molecule has 0 aromatic carbocycles. The molecule has 0 fully saturated rings. The molecule has 0 spiro atoms. The molecule has 0 bridgehead atoms. The molecule has 0 aliphatic rings. The first-order chi connectivity index (χ1) is 6.38. The van der Waals surface area contributed by atoms with Crippen LogP contribution in [0.4, 0.5) is 13.2 Å². The fourth-order valence-corrected chi connectivity index (χ4v) is 1.61. The quantitative estimate of drug-likeness (QED) is 0.819. The van der Waals surface area contributed by atoms with Crippen LogP contribution in [-0.2, 0) is 0 Å². The second kappa shape index (κ2) is 4.00. The van der Waals surface area contributed by atoms with Crippen molar-refractivity contribution in [1.29, 1.82) is 0 Å². The number of halogens is 3. The van der Waals surface area contributed by atoms with Crippen LogP contribution in [0, 0.1) is 6.92 Å². The standard InChI is InChI=1S/C8H8F3NOS/c1-5-2-3-6(14-5)7(13)12-4-8(9,10)11/h2-3H,4H2,1H3,(H,12,13). The fourth-order valence-electron chi connectivity index (χ4n) is 0.824. The Bertz CT molecular complexity index is 332. The van der Waals surface area contributed by atoms with Gasteiger partial charge in [0.1, 0.15) is 6.54 Å². The van der Waals surface area contributed by atoms with Crippen LogP contribution in [-0.4, -0.2) is 18.6 Å². The number of thiophene rings is 1. The smallest absolute Gasteiger partial charge is 0.342 e. The third-order valence-corrected chi connectivity index (χ3v) is 2.41. The Hall–Kier alpha value is -1.04. The average molecular weight is 223 g/mol. The van der Waals surface area contributed by atoms with Gasteiger partial charge in [-0.3, -0.25) is 4.79 Å². The Morgan fingerprint density at radius 2 is 2.14 bits per heavy atom. The lowest BCUT2D eigenvalue weighted by molar-refractivity contribution is -0.123. The van der Waals surface area contributed by atoms with Crippen LogP contribution in [0.5, 0.6) is 0 Å². The van der Waals surface area contributed by atoms with Crippen molar-refractivity contribution in [3.8, 4) is 0 Å². The highest BCUT2D eigenvalue weighted by atomic mass is 32.1. The summed E-state index contributed by atoms with van der Waals surface area (Å²) in [4.78, 5) is 12.3. The summed E-state index contributed by atoms with van der Waals surface area (Å²) >= 11 is 1.17. The number of carbonyl (C=O) groups excluding carboxylic acids is 1. The van der Waals surface area contributed by atoms with Gasteiger partial charge in [-0.1, -0.05) is 0 Å². The zero-order valence-electron chi connectivity index (χ0n) is 7.31. The number of hydrogen-bond acceptors (Lipinski definition) is 2. The molecule has 0 unspecified atom stereocenters. The Morgan fingerprint density at radius 1 is 1.50 bits per heavy atom. The van der Waals surface area contributed by atoms with Gasteiger partial charge in [-0.15, -0.1) is 11.3 Å². The zero-order chi connectivity index (χ0) is 10.8. The molecule has 2 nitrogen and oxygen atoms in total. The molecular formula is C8H8F3NOS. The molecule has 14 heavy (non-hydrogen) atoms. The molecule has 1 N–H and O–H groups in total. The van der Waals surface area contributed by atoms with Crippen molar-refractivity contribution in [2.75, 3.05) is 6.54 Å². The third kappa shape index (κ3) is 3.37. The van der Waals surface area contributed by atoms with Gasteiger partial charge in [0, 0.05) is 4.88 Å². The molecule has 78 valence electrons. The highest BCUT2D eigenvalue weighted by Gasteiger charge is 2.28. The van der Waals surface area contributed by atoms with Crippen LogP contribution < -0.4 is 5.32 Å². The molecular weight excluding hydrogens is 215 g/mol. The summed E-state index contributed by atoms with van der Waals surface area (Å²) in [5.74, 6) is -0.680. The molecule has 1 rings (SSSR count). The summed E-state index contributed by atoms with van der Waals surface area (Å²) in [5, 5.41) is 1.80. The van der Waals surface area contributed by atoms with Crippen molar-refractivity contribution < 1.29 is 18.0 Å². The van der Waals surface area contributed by atoms with Crippen molar-refractivity contribution in [1.82, 2.24) is 5.32 Å². The highest BCUT2D eigenvalue weighted by Crippen LogP contribution is 2.16. The van der Waals surface area contributed by atoms with Crippen molar-refractivity contribution in [3.05, 3.63) is 21.9 Å². The van der Waals surface area contributed by atoms with E-state index in [0.29, 0.717) is 4.88 Å². The molecule has 1 aromatic heterocycles. The number of aryl methyl sites for hydroxylation is 1. The molecule has 0 atom stereocenters. The van der Waals surface area contributed by atoms with Crippen LogP contribution in [0.25, 0.3) is 0 Å². The average Bonchev–Trinajstić information content (AvgIpc) is 2.46. The number of nitrogens with one attached hydrogen (secondary N) is 1. The van der Waals surface area contributed by atoms with E-state index < -0.39 is 18.6 Å². The summed E-state index contributed by atoms with van der Waals surface area (Å²) in [6.45, 7) is 0.494. The summed E-state index contributed by atoms with van der Waals surface area (Å²) in [7, 11) is 0. The van der Waals surface area contributed by atoms with Crippen LogP contribution >= 0.6 is 11.3 Å². The summed E-state index contributed by atoms with van der Waals surface area (Å²) < 4.78 is 35.2. The Labute approximate surface area is 82.7 Å². The van der Waals surface area contributed by atoms with Gasteiger partial charge in [0.2, 0.25) is 0 Å². The molecule has 0 saturated carbocycles. The lowest BCUT2D eigenvalue weighted by atomic mass is 10.4. The number of amides is 1. The largest absolute Gasteiger partial charge is 0.405 e. The molecule has 1 heterocycles. The first-order valence-electron chi connectivity index (χ1n) is 3.80. The van der Waals surface area contributed by atoms with E-state index in [-0.39, 0.29) is 0 Å². The lowest BCUT2D eigenvalue weighted by Gasteiger charge is -2.06. The van der Waals surface area contributed by atoms with E-state index in [1.807, 2.05) is 0 Å². The molecule has 0 aliphatic carbocycles. The normalized spacial score (nSPS) is 11.4. The van der Waals surface area contributed by atoms with E-state index in [1.165, 1.54) is 17.4 Å². The topological polar surface area (TPSA) is 29.1 Å². The maximum absolute atomic E-state index is 11.7. The molecule has 0 radical (unpaired) electrons. The number of carbonyl (C=O) groups is 1. The van der Waals surface area contributed by atoms with Crippen LogP contribution in [0.1, 0.15) is 14.5 Å². The summed E-state index contributed by atoms with van der Waals surface area (Å²) in [6, 6.07) is 3.19. The lowest BCUT2D eigenvalue weighted by Crippen LogP contribution is -2.33. The third-order valence-electron chi connectivity index (χ3n) is 1.41.